The lowest BCUT2D eigenvalue weighted by molar-refractivity contribution is -0.127. The molecule has 1 aliphatic heterocycles. The molecule has 10 nitrogen and oxygen atoms in total. The summed E-state index contributed by atoms with van der Waals surface area (Å²) >= 11 is 0. The number of amides is 1. The minimum absolute atomic E-state index is 0.0253. The topological polar surface area (TPSA) is 109 Å². The maximum Gasteiger partial charge on any atom is 0.246 e. The number of carbonyl (C=O) groups is 1. The second-order valence-electron chi connectivity index (χ2n) is 9.40. The zero-order chi connectivity index (χ0) is 26.3. The number of H-pyrrole nitrogens is 1. The van der Waals surface area contributed by atoms with Crippen molar-refractivity contribution in [3.8, 4) is 23.1 Å². The molecule has 1 fully saturated rings. The highest BCUT2D eigenvalue weighted by atomic mass is 16.5. The molecule has 1 amide bonds. The Kier molecular flexibility index (Phi) is 7.79. The first-order valence-electron chi connectivity index (χ1n) is 12.6. The largest absolute Gasteiger partial charge is 0.457 e. The van der Waals surface area contributed by atoms with Crippen LogP contribution in [0.5, 0.6) is 23.1 Å². The third kappa shape index (κ3) is 6.27. The molecule has 196 valence electrons. The Balaban J connectivity index is 1.27. The minimum Gasteiger partial charge on any atom is -0.457 e. The Morgan fingerprint density at radius 3 is 2.58 bits per heavy atom. The monoisotopic (exact) mass is 513 g/mol. The van der Waals surface area contributed by atoms with Crippen LogP contribution in [0.4, 0.5) is 5.82 Å². The van der Waals surface area contributed by atoms with Crippen molar-refractivity contribution in [1.29, 1.82) is 0 Å². The number of carbonyl (C=O) groups excluding carboxylic acids is 1. The summed E-state index contributed by atoms with van der Waals surface area (Å²) in [5.41, 5.74) is 0.567. The van der Waals surface area contributed by atoms with Gasteiger partial charge in [-0.2, -0.15) is 5.10 Å². The second-order valence-corrected chi connectivity index (χ2v) is 9.40. The summed E-state index contributed by atoms with van der Waals surface area (Å²) in [7, 11) is 3.95. The van der Waals surface area contributed by atoms with Crippen molar-refractivity contribution in [1.82, 2.24) is 30.0 Å². The molecule has 4 aromatic rings. The van der Waals surface area contributed by atoms with E-state index in [0.717, 1.165) is 31.7 Å². The Morgan fingerprint density at radius 1 is 1.08 bits per heavy atom. The molecule has 2 N–H and O–H groups in total. The maximum absolute atomic E-state index is 12.6. The third-order valence-corrected chi connectivity index (χ3v) is 6.14. The number of rotatable bonds is 9. The number of para-hydroxylation sites is 1. The molecule has 1 saturated heterocycles. The number of likely N-dealkylation sites (tertiary alicyclic amines) is 1. The molecule has 2 aromatic carbocycles. The van der Waals surface area contributed by atoms with Gasteiger partial charge in [-0.1, -0.05) is 24.3 Å². The molecule has 0 aliphatic carbocycles. The van der Waals surface area contributed by atoms with E-state index >= 15 is 0 Å². The summed E-state index contributed by atoms with van der Waals surface area (Å²) in [5, 5.41) is 11.5. The van der Waals surface area contributed by atoms with E-state index in [-0.39, 0.29) is 11.9 Å². The Bertz CT molecular complexity index is 1390. The fourth-order valence-corrected chi connectivity index (χ4v) is 4.28. The SMILES string of the molecule is CN(C)C/C=C/C(=O)N1CCC[C@@H](Nc2n[nH]c3ncnc(Oc4ccc(Oc5ccccc5)cc4)c23)C1. The van der Waals surface area contributed by atoms with E-state index in [4.69, 9.17) is 9.47 Å². The van der Waals surface area contributed by atoms with Crippen LogP contribution in [-0.2, 0) is 4.79 Å². The molecule has 1 atom stereocenters. The predicted molar refractivity (Wildman–Crippen MR) is 146 cm³/mol. The molecule has 0 bridgehead atoms. The second kappa shape index (κ2) is 11.7. The van der Waals surface area contributed by atoms with Crippen molar-refractivity contribution in [3.05, 3.63) is 73.1 Å². The standard InChI is InChI=1S/C28H31N7O3/c1-34(2)16-7-11-24(36)35-17-6-8-20(18-35)31-27-25-26(32-33-27)29-19-30-28(25)38-23-14-12-22(13-15-23)37-21-9-4-3-5-10-21/h3-5,7,9-15,19-20H,6,8,16-18H2,1-2H3,(H2,29,30,31,32,33)/b11-7+/t20-/m1/s1. The third-order valence-electron chi connectivity index (χ3n) is 6.14. The van der Waals surface area contributed by atoms with Gasteiger partial charge in [0.25, 0.3) is 0 Å². The highest BCUT2D eigenvalue weighted by Crippen LogP contribution is 2.33. The van der Waals surface area contributed by atoms with Crippen LogP contribution in [0, 0.1) is 0 Å². The smallest absolute Gasteiger partial charge is 0.246 e. The van der Waals surface area contributed by atoms with E-state index in [1.165, 1.54) is 6.33 Å². The molecule has 0 unspecified atom stereocenters. The zero-order valence-electron chi connectivity index (χ0n) is 21.5. The summed E-state index contributed by atoms with van der Waals surface area (Å²) < 4.78 is 12.0. The summed E-state index contributed by atoms with van der Waals surface area (Å²) in [6, 6.07) is 17.0. The molecule has 3 heterocycles. The van der Waals surface area contributed by atoms with Crippen LogP contribution in [0.15, 0.2) is 73.1 Å². The number of hydrogen-bond donors (Lipinski definition) is 2. The first-order valence-corrected chi connectivity index (χ1v) is 12.6. The normalized spacial score (nSPS) is 15.8. The highest BCUT2D eigenvalue weighted by Gasteiger charge is 2.25. The summed E-state index contributed by atoms with van der Waals surface area (Å²) in [6.07, 6.45) is 6.81. The number of anilines is 1. The van der Waals surface area contributed by atoms with Gasteiger partial charge in [0, 0.05) is 31.8 Å². The Hall–Kier alpha value is -4.44. The number of hydrogen-bond acceptors (Lipinski definition) is 8. The molecule has 5 rings (SSSR count). The first-order chi connectivity index (χ1) is 18.5. The number of fused-ring (bicyclic) bond motifs is 1. The predicted octanol–water partition coefficient (Wildman–Crippen LogP) is 4.46. The van der Waals surface area contributed by atoms with Gasteiger partial charge in [0.05, 0.1) is 0 Å². The van der Waals surface area contributed by atoms with Crippen LogP contribution in [0.3, 0.4) is 0 Å². The maximum atomic E-state index is 12.6. The molecule has 1 aliphatic rings. The van der Waals surface area contributed by atoms with Gasteiger partial charge in [-0.3, -0.25) is 9.89 Å². The van der Waals surface area contributed by atoms with Crippen molar-refractivity contribution >= 4 is 22.8 Å². The van der Waals surface area contributed by atoms with Crippen molar-refractivity contribution in [2.45, 2.75) is 18.9 Å². The van der Waals surface area contributed by atoms with Gasteiger partial charge in [-0.25, -0.2) is 9.97 Å². The molecule has 2 aromatic heterocycles. The highest BCUT2D eigenvalue weighted by molar-refractivity contribution is 5.92. The van der Waals surface area contributed by atoms with Gasteiger partial charge in [-0.15, -0.1) is 0 Å². The molecular weight excluding hydrogens is 482 g/mol. The van der Waals surface area contributed by atoms with Crippen molar-refractivity contribution in [2.24, 2.45) is 0 Å². The average molecular weight is 514 g/mol. The van der Waals surface area contributed by atoms with Crippen molar-refractivity contribution in [2.75, 3.05) is 39.0 Å². The van der Waals surface area contributed by atoms with E-state index in [9.17, 15) is 4.79 Å². The van der Waals surface area contributed by atoms with Crippen LogP contribution in [0.1, 0.15) is 12.8 Å². The summed E-state index contributed by atoms with van der Waals surface area (Å²) in [5.74, 6) is 3.09. The van der Waals surface area contributed by atoms with Gasteiger partial charge in [0.1, 0.15) is 29.0 Å². The molecule has 0 spiro atoms. The lowest BCUT2D eigenvalue weighted by Gasteiger charge is -2.32. The fourth-order valence-electron chi connectivity index (χ4n) is 4.28. The number of benzene rings is 2. The van der Waals surface area contributed by atoms with E-state index in [1.807, 2.05) is 84.6 Å². The van der Waals surface area contributed by atoms with Crippen molar-refractivity contribution in [3.63, 3.8) is 0 Å². The Labute approximate surface area is 221 Å². The van der Waals surface area contributed by atoms with Crippen LogP contribution < -0.4 is 14.8 Å². The van der Waals surface area contributed by atoms with E-state index < -0.39 is 0 Å². The number of aromatic amines is 1. The van der Waals surface area contributed by atoms with Crippen LogP contribution in [0.25, 0.3) is 11.0 Å². The fraction of sp³-hybridized carbons (Fsp3) is 0.286. The number of piperidine rings is 1. The average Bonchev–Trinajstić information content (AvgIpc) is 3.34. The van der Waals surface area contributed by atoms with Crippen LogP contribution in [0.2, 0.25) is 0 Å². The molecule has 10 heteroatoms. The van der Waals surface area contributed by atoms with Gasteiger partial charge < -0.3 is 24.6 Å². The van der Waals surface area contributed by atoms with E-state index in [1.54, 1.807) is 6.08 Å². The minimum atomic E-state index is 0.0253. The summed E-state index contributed by atoms with van der Waals surface area (Å²) in [6.45, 7) is 2.06. The molecule has 0 saturated carbocycles. The number of nitrogens with zero attached hydrogens (tertiary/aromatic N) is 5. The lowest BCUT2D eigenvalue weighted by atomic mass is 10.1. The molecular formula is C28H31N7O3. The van der Waals surface area contributed by atoms with E-state index in [0.29, 0.717) is 40.8 Å². The van der Waals surface area contributed by atoms with Gasteiger partial charge in [-0.05, 0) is 63.3 Å². The molecule has 0 radical (unpaired) electrons. The summed E-state index contributed by atoms with van der Waals surface area (Å²) in [4.78, 5) is 25.2. The van der Waals surface area contributed by atoms with E-state index in [2.05, 4.69) is 25.5 Å². The Morgan fingerprint density at radius 2 is 1.82 bits per heavy atom. The first kappa shape index (κ1) is 25.2. The van der Waals surface area contributed by atoms with Crippen LogP contribution in [-0.4, -0.2) is 75.6 Å². The van der Waals surface area contributed by atoms with Gasteiger partial charge in [0.15, 0.2) is 11.5 Å². The van der Waals surface area contributed by atoms with Crippen molar-refractivity contribution < 1.29 is 14.3 Å². The quantitative estimate of drug-likeness (QED) is 0.316. The number of likely N-dealkylation sites (N-methyl/N-ethyl adjacent to an activating group) is 1. The van der Waals surface area contributed by atoms with Crippen LogP contribution >= 0.6 is 0 Å². The number of aromatic nitrogens is 4. The van der Waals surface area contributed by atoms with Gasteiger partial charge in [0.2, 0.25) is 11.8 Å². The van der Waals surface area contributed by atoms with Gasteiger partial charge >= 0.3 is 0 Å². The molecule has 38 heavy (non-hydrogen) atoms. The zero-order valence-corrected chi connectivity index (χ0v) is 21.5. The number of nitrogens with one attached hydrogen (secondary N) is 2. The lowest BCUT2D eigenvalue weighted by Crippen LogP contribution is -2.44. The number of ether oxygens (including phenoxy) is 2.